The molecule has 1 aliphatic heterocycles. The summed E-state index contributed by atoms with van der Waals surface area (Å²) >= 11 is 0. The van der Waals surface area contributed by atoms with Crippen molar-refractivity contribution in [1.82, 2.24) is 4.72 Å². The Kier molecular flexibility index (Phi) is 3.63. The highest BCUT2D eigenvalue weighted by Gasteiger charge is 2.36. The Balaban J connectivity index is 2.46. The SMILES string of the molecule is CCOC(=O)[C@@H]1NS(=O)(=O)Oc2cc(OC)ccc21. The highest BCUT2D eigenvalue weighted by molar-refractivity contribution is 7.85. The van der Waals surface area contributed by atoms with Gasteiger partial charge in [0.2, 0.25) is 0 Å². The van der Waals surface area contributed by atoms with Gasteiger partial charge in [0, 0.05) is 11.6 Å². The number of nitrogens with one attached hydrogen (secondary N) is 1. The van der Waals surface area contributed by atoms with Crippen molar-refractivity contribution in [3.05, 3.63) is 23.8 Å². The molecule has 0 radical (unpaired) electrons. The van der Waals surface area contributed by atoms with Gasteiger partial charge >= 0.3 is 16.3 Å². The number of carbonyl (C=O) groups excluding carboxylic acids is 1. The third-order valence-corrected chi connectivity index (χ3v) is 3.44. The molecule has 19 heavy (non-hydrogen) atoms. The summed E-state index contributed by atoms with van der Waals surface area (Å²) in [4.78, 5) is 11.8. The molecule has 7 nitrogen and oxygen atoms in total. The van der Waals surface area contributed by atoms with E-state index < -0.39 is 22.3 Å². The molecule has 0 saturated heterocycles. The van der Waals surface area contributed by atoms with Gasteiger partial charge in [0.25, 0.3) is 0 Å². The molecule has 0 bridgehead atoms. The predicted octanol–water partition coefficient (Wildman–Crippen LogP) is 0.526. The van der Waals surface area contributed by atoms with Crippen LogP contribution in [0.15, 0.2) is 18.2 Å². The fraction of sp³-hybridized carbons (Fsp3) is 0.364. The van der Waals surface area contributed by atoms with Crippen LogP contribution in [0.4, 0.5) is 0 Å². The average molecular weight is 287 g/mol. The van der Waals surface area contributed by atoms with Crippen LogP contribution in [0.25, 0.3) is 0 Å². The first kappa shape index (κ1) is 13.6. The van der Waals surface area contributed by atoms with E-state index in [1.54, 1.807) is 19.1 Å². The Morgan fingerprint density at radius 1 is 1.47 bits per heavy atom. The second kappa shape index (κ2) is 5.06. The quantitative estimate of drug-likeness (QED) is 0.815. The third kappa shape index (κ3) is 2.79. The Morgan fingerprint density at radius 2 is 2.21 bits per heavy atom. The number of fused-ring (bicyclic) bond motifs is 1. The number of rotatable bonds is 3. The summed E-state index contributed by atoms with van der Waals surface area (Å²) in [6, 6.07) is 3.45. The molecule has 0 aliphatic carbocycles. The molecule has 1 aromatic rings. The van der Waals surface area contributed by atoms with Gasteiger partial charge in [-0.3, -0.25) is 0 Å². The molecule has 0 saturated carbocycles. The van der Waals surface area contributed by atoms with Gasteiger partial charge in [0.15, 0.2) is 11.8 Å². The first-order valence-corrected chi connectivity index (χ1v) is 6.94. The molecule has 1 aromatic carbocycles. The molecule has 0 fully saturated rings. The molecule has 0 unspecified atom stereocenters. The number of hydrogen-bond acceptors (Lipinski definition) is 6. The van der Waals surface area contributed by atoms with Gasteiger partial charge in [-0.25, -0.2) is 4.79 Å². The normalized spacial score (nSPS) is 20.0. The van der Waals surface area contributed by atoms with Crippen molar-refractivity contribution in [3.63, 3.8) is 0 Å². The van der Waals surface area contributed by atoms with Gasteiger partial charge in [-0.2, -0.15) is 13.1 Å². The first-order chi connectivity index (χ1) is 8.96. The lowest BCUT2D eigenvalue weighted by Gasteiger charge is -2.25. The first-order valence-electron chi connectivity index (χ1n) is 5.53. The van der Waals surface area contributed by atoms with E-state index in [2.05, 4.69) is 4.72 Å². The van der Waals surface area contributed by atoms with Crippen LogP contribution < -0.4 is 13.6 Å². The zero-order chi connectivity index (χ0) is 14.0. The van der Waals surface area contributed by atoms with Crippen LogP contribution in [0.1, 0.15) is 18.5 Å². The summed E-state index contributed by atoms with van der Waals surface area (Å²) in [5.41, 5.74) is 0.383. The zero-order valence-electron chi connectivity index (χ0n) is 10.4. The summed E-state index contributed by atoms with van der Waals surface area (Å²) in [6.45, 7) is 1.80. The third-order valence-electron chi connectivity index (χ3n) is 2.52. The second-order valence-corrected chi connectivity index (χ2v) is 5.05. The maximum absolute atomic E-state index is 11.8. The standard InChI is InChI=1S/C11H13NO6S/c1-3-17-11(13)10-8-5-4-7(16-2)6-9(8)18-19(14,15)12-10/h4-6,10,12H,3H2,1-2H3/t10-/m1/s1. The second-order valence-electron chi connectivity index (χ2n) is 3.74. The summed E-state index contributed by atoms with van der Waals surface area (Å²) in [7, 11) is -2.60. The topological polar surface area (TPSA) is 90.9 Å². The Hall–Kier alpha value is -1.80. The van der Waals surface area contributed by atoms with Crippen molar-refractivity contribution >= 4 is 16.3 Å². The van der Waals surface area contributed by atoms with Crippen LogP contribution in [-0.4, -0.2) is 28.1 Å². The van der Waals surface area contributed by atoms with E-state index in [1.807, 2.05) is 0 Å². The molecule has 104 valence electrons. The van der Waals surface area contributed by atoms with Crippen LogP contribution in [0.5, 0.6) is 11.5 Å². The monoisotopic (exact) mass is 287 g/mol. The summed E-state index contributed by atoms with van der Waals surface area (Å²) in [5.74, 6) is -0.199. The van der Waals surface area contributed by atoms with Crippen LogP contribution in [0.2, 0.25) is 0 Å². The lowest BCUT2D eigenvalue weighted by molar-refractivity contribution is -0.145. The van der Waals surface area contributed by atoms with Gasteiger partial charge in [-0.1, -0.05) is 0 Å². The number of hydrogen-bond donors (Lipinski definition) is 1. The van der Waals surface area contributed by atoms with E-state index in [-0.39, 0.29) is 12.4 Å². The molecule has 0 amide bonds. The number of carbonyl (C=O) groups is 1. The maximum Gasteiger partial charge on any atom is 0.383 e. The Labute approximate surface area is 110 Å². The largest absolute Gasteiger partial charge is 0.497 e. The van der Waals surface area contributed by atoms with E-state index in [4.69, 9.17) is 13.7 Å². The minimum atomic E-state index is -4.04. The van der Waals surface area contributed by atoms with Gasteiger partial charge in [-0.15, -0.1) is 0 Å². The number of methoxy groups -OCH3 is 1. The number of ether oxygens (including phenoxy) is 2. The molecule has 2 rings (SSSR count). The smallest absolute Gasteiger partial charge is 0.383 e. The molecular weight excluding hydrogens is 274 g/mol. The van der Waals surface area contributed by atoms with E-state index in [9.17, 15) is 13.2 Å². The molecule has 1 aliphatic rings. The minimum absolute atomic E-state index is 0.0520. The lowest BCUT2D eigenvalue weighted by atomic mass is 10.1. The van der Waals surface area contributed by atoms with Crippen molar-refractivity contribution in [2.45, 2.75) is 13.0 Å². The highest BCUT2D eigenvalue weighted by atomic mass is 32.2. The summed E-state index contributed by atoms with van der Waals surface area (Å²) in [6.07, 6.45) is 0. The maximum atomic E-state index is 11.8. The van der Waals surface area contributed by atoms with E-state index in [0.717, 1.165) is 0 Å². The average Bonchev–Trinajstić information content (AvgIpc) is 2.36. The summed E-state index contributed by atoms with van der Waals surface area (Å²) in [5, 5.41) is 0. The van der Waals surface area contributed by atoms with E-state index in [0.29, 0.717) is 11.3 Å². The highest BCUT2D eigenvalue weighted by Crippen LogP contribution is 2.34. The molecule has 1 atom stereocenters. The molecule has 1 N–H and O–H groups in total. The van der Waals surface area contributed by atoms with Crippen molar-refractivity contribution < 1.29 is 26.9 Å². The lowest BCUT2D eigenvalue weighted by Crippen LogP contribution is -2.41. The fourth-order valence-electron chi connectivity index (χ4n) is 1.70. The van der Waals surface area contributed by atoms with Gasteiger partial charge in [0.05, 0.1) is 13.7 Å². The zero-order valence-corrected chi connectivity index (χ0v) is 11.2. The molecule has 0 aromatic heterocycles. The van der Waals surface area contributed by atoms with Crippen molar-refractivity contribution in [2.75, 3.05) is 13.7 Å². The number of esters is 1. The number of benzene rings is 1. The molecule has 8 heteroatoms. The Morgan fingerprint density at radius 3 is 2.84 bits per heavy atom. The van der Waals surface area contributed by atoms with Gasteiger partial charge < -0.3 is 13.7 Å². The van der Waals surface area contributed by atoms with Crippen LogP contribution in [0, 0.1) is 0 Å². The predicted molar refractivity (Wildman–Crippen MR) is 65.1 cm³/mol. The van der Waals surface area contributed by atoms with Crippen molar-refractivity contribution in [2.24, 2.45) is 0 Å². The van der Waals surface area contributed by atoms with E-state index >= 15 is 0 Å². The van der Waals surface area contributed by atoms with Gasteiger partial charge in [0.1, 0.15) is 5.75 Å². The molecule has 1 heterocycles. The minimum Gasteiger partial charge on any atom is -0.497 e. The Bertz CT molecular complexity index is 597. The van der Waals surface area contributed by atoms with Gasteiger partial charge in [-0.05, 0) is 19.1 Å². The van der Waals surface area contributed by atoms with E-state index in [1.165, 1.54) is 13.2 Å². The molecular formula is C11H13NO6S. The van der Waals surface area contributed by atoms with Crippen LogP contribution >= 0.6 is 0 Å². The van der Waals surface area contributed by atoms with Crippen molar-refractivity contribution in [1.29, 1.82) is 0 Å². The van der Waals surface area contributed by atoms with Crippen LogP contribution in [0.3, 0.4) is 0 Å². The van der Waals surface area contributed by atoms with Crippen LogP contribution in [-0.2, 0) is 19.8 Å². The fourth-order valence-corrected chi connectivity index (χ4v) is 2.64. The summed E-state index contributed by atoms with van der Waals surface area (Å²) < 4.78 is 39.8. The van der Waals surface area contributed by atoms with Crippen molar-refractivity contribution in [3.8, 4) is 11.5 Å². The molecule has 0 spiro atoms.